The molecule has 1 rings (SSSR count). The average molecular weight is 283 g/mol. The second kappa shape index (κ2) is 7.51. The molecule has 0 aliphatic carbocycles. The van der Waals surface area contributed by atoms with Gasteiger partial charge in [-0.3, -0.25) is 4.79 Å². The molecule has 0 aromatic heterocycles. The van der Waals surface area contributed by atoms with Gasteiger partial charge in [-0.25, -0.2) is 0 Å². The number of nitrogens with zero attached hydrogens (tertiary/aromatic N) is 1. The zero-order valence-electron chi connectivity index (χ0n) is 11.9. The van der Waals surface area contributed by atoms with E-state index < -0.39 is 0 Å². The van der Waals surface area contributed by atoms with Crippen LogP contribution in [0.5, 0.6) is 0 Å². The normalized spacial score (nSPS) is 13.9. The van der Waals surface area contributed by atoms with E-state index in [1.165, 1.54) is 0 Å². The third-order valence-electron chi connectivity index (χ3n) is 3.56. The standard InChI is InChI=1S/C15H23ClN2O/c1-11(10-17)7-8-15(19)18(3)12(2)13-5-4-6-14(16)9-13/h4-6,9,11-12H,7-8,10,17H2,1-3H3. The lowest BCUT2D eigenvalue weighted by molar-refractivity contribution is -0.132. The summed E-state index contributed by atoms with van der Waals surface area (Å²) in [4.78, 5) is 13.9. The molecule has 0 aliphatic heterocycles. The molecule has 0 saturated carbocycles. The SMILES string of the molecule is CC(CN)CCC(=O)N(C)C(C)c1cccc(Cl)c1. The van der Waals surface area contributed by atoms with Gasteiger partial charge in [0, 0.05) is 18.5 Å². The van der Waals surface area contributed by atoms with Crippen LogP contribution in [0.2, 0.25) is 5.02 Å². The number of amides is 1. The largest absolute Gasteiger partial charge is 0.339 e. The Morgan fingerprint density at radius 3 is 2.68 bits per heavy atom. The van der Waals surface area contributed by atoms with Gasteiger partial charge in [0.15, 0.2) is 0 Å². The van der Waals surface area contributed by atoms with Crippen molar-refractivity contribution in [2.75, 3.05) is 13.6 Å². The van der Waals surface area contributed by atoms with Crippen LogP contribution < -0.4 is 5.73 Å². The number of hydrogen-bond acceptors (Lipinski definition) is 2. The molecule has 0 heterocycles. The van der Waals surface area contributed by atoms with Gasteiger partial charge in [0.2, 0.25) is 5.91 Å². The van der Waals surface area contributed by atoms with Gasteiger partial charge in [0.1, 0.15) is 0 Å². The Labute approximate surface area is 120 Å². The molecule has 3 nitrogen and oxygen atoms in total. The predicted molar refractivity (Wildman–Crippen MR) is 80.1 cm³/mol. The summed E-state index contributed by atoms with van der Waals surface area (Å²) < 4.78 is 0. The topological polar surface area (TPSA) is 46.3 Å². The lowest BCUT2D eigenvalue weighted by Gasteiger charge is -2.26. The molecule has 0 bridgehead atoms. The van der Waals surface area contributed by atoms with Crippen LogP contribution in [0, 0.1) is 5.92 Å². The first-order chi connectivity index (χ1) is 8.95. The molecule has 106 valence electrons. The van der Waals surface area contributed by atoms with Crippen molar-refractivity contribution >= 4 is 17.5 Å². The number of halogens is 1. The Bertz CT molecular complexity index is 422. The van der Waals surface area contributed by atoms with Crippen LogP contribution in [0.15, 0.2) is 24.3 Å². The van der Waals surface area contributed by atoms with Crippen LogP contribution in [-0.4, -0.2) is 24.4 Å². The van der Waals surface area contributed by atoms with Gasteiger partial charge < -0.3 is 10.6 Å². The zero-order chi connectivity index (χ0) is 14.4. The van der Waals surface area contributed by atoms with Crippen LogP contribution in [-0.2, 0) is 4.79 Å². The summed E-state index contributed by atoms with van der Waals surface area (Å²) in [5, 5.41) is 0.696. The molecule has 1 aromatic carbocycles. The lowest BCUT2D eigenvalue weighted by Crippen LogP contribution is -2.30. The van der Waals surface area contributed by atoms with Crippen molar-refractivity contribution in [3.05, 3.63) is 34.9 Å². The smallest absolute Gasteiger partial charge is 0.222 e. The molecule has 1 amide bonds. The maximum absolute atomic E-state index is 12.1. The maximum Gasteiger partial charge on any atom is 0.222 e. The first kappa shape index (κ1) is 16.0. The van der Waals surface area contributed by atoms with Crippen molar-refractivity contribution in [1.29, 1.82) is 0 Å². The predicted octanol–water partition coefficient (Wildman–Crippen LogP) is 3.23. The highest BCUT2D eigenvalue weighted by Crippen LogP contribution is 2.22. The number of carbonyl (C=O) groups is 1. The van der Waals surface area contributed by atoms with Crippen molar-refractivity contribution < 1.29 is 4.79 Å². The summed E-state index contributed by atoms with van der Waals surface area (Å²) in [6.07, 6.45) is 1.38. The van der Waals surface area contributed by atoms with E-state index in [1.54, 1.807) is 4.90 Å². The molecule has 2 unspecified atom stereocenters. The molecule has 0 saturated heterocycles. The second-order valence-electron chi connectivity index (χ2n) is 5.12. The first-order valence-corrected chi connectivity index (χ1v) is 7.04. The molecule has 19 heavy (non-hydrogen) atoms. The van der Waals surface area contributed by atoms with Crippen molar-refractivity contribution in [3.63, 3.8) is 0 Å². The van der Waals surface area contributed by atoms with Crippen LogP contribution in [0.4, 0.5) is 0 Å². The molecule has 0 fully saturated rings. The molecule has 2 atom stereocenters. The summed E-state index contributed by atoms with van der Waals surface area (Å²) >= 11 is 5.98. The Balaban J connectivity index is 2.61. The Hall–Kier alpha value is -1.06. The summed E-state index contributed by atoms with van der Waals surface area (Å²) in [6, 6.07) is 7.66. The Morgan fingerprint density at radius 2 is 2.11 bits per heavy atom. The Kier molecular flexibility index (Phi) is 6.32. The molecule has 2 N–H and O–H groups in total. The van der Waals surface area contributed by atoms with E-state index in [0.717, 1.165) is 12.0 Å². The number of carbonyl (C=O) groups excluding carboxylic acids is 1. The first-order valence-electron chi connectivity index (χ1n) is 6.67. The minimum Gasteiger partial charge on any atom is -0.339 e. The minimum absolute atomic E-state index is 0.0272. The molecule has 4 heteroatoms. The number of nitrogens with two attached hydrogens (primary N) is 1. The highest BCUT2D eigenvalue weighted by atomic mass is 35.5. The van der Waals surface area contributed by atoms with E-state index in [4.69, 9.17) is 17.3 Å². The van der Waals surface area contributed by atoms with E-state index in [-0.39, 0.29) is 11.9 Å². The third kappa shape index (κ3) is 4.84. The van der Waals surface area contributed by atoms with Gasteiger partial charge in [-0.05, 0) is 43.5 Å². The van der Waals surface area contributed by atoms with Gasteiger partial charge in [0.05, 0.1) is 6.04 Å². The maximum atomic E-state index is 12.1. The fourth-order valence-corrected chi connectivity index (χ4v) is 2.07. The van der Waals surface area contributed by atoms with Crippen molar-refractivity contribution in [2.24, 2.45) is 11.7 Å². The van der Waals surface area contributed by atoms with Crippen molar-refractivity contribution in [3.8, 4) is 0 Å². The number of hydrogen-bond donors (Lipinski definition) is 1. The van der Waals surface area contributed by atoms with E-state index in [2.05, 4.69) is 6.92 Å². The molecule has 1 aromatic rings. The van der Waals surface area contributed by atoms with Crippen molar-refractivity contribution in [1.82, 2.24) is 4.90 Å². The third-order valence-corrected chi connectivity index (χ3v) is 3.79. The van der Waals surface area contributed by atoms with E-state index in [1.807, 2.05) is 38.2 Å². The van der Waals surface area contributed by atoms with Crippen molar-refractivity contribution in [2.45, 2.75) is 32.7 Å². The number of benzene rings is 1. The highest BCUT2D eigenvalue weighted by molar-refractivity contribution is 6.30. The Morgan fingerprint density at radius 1 is 1.42 bits per heavy atom. The van der Waals surface area contributed by atoms with Crippen LogP contribution in [0.25, 0.3) is 0 Å². The summed E-state index contributed by atoms with van der Waals surface area (Å²) in [6.45, 7) is 4.70. The highest BCUT2D eigenvalue weighted by Gasteiger charge is 2.17. The van der Waals surface area contributed by atoms with Gasteiger partial charge >= 0.3 is 0 Å². The van der Waals surface area contributed by atoms with Gasteiger partial charge in [-0.2, -0.15) is 0 Å². The number of rotatable bonds is 6. The van der Waals surface area contributed by atoms with E-state index >= 15 is 0 Å². The van der Waals surface area contributed by atoms with Gasteiger partial charge in [-0.1, -0.05) is 30.7 Å². The lowest BCUT2D eigenvalue weighted by atomic mass is 10.0. The van der Waals surface area contributed by atoms with Gasteiger partial charge in [0.25, 0.3) is 0 Å². The quantitative estimate of drug-likeness (QED) is 0.871. The van der Waals surface area contributed by atoms with E-state index in [0.29, 0.717) is 23.9 Å². The fourth-order valence-electron chi connectivity index (χ4n) is 1.87. The molecular formula is C15H23ClN2O. The van der Waals surface area contributed by atoms with Crippen LogP contribution >= 0.6 is 11.6 Å². The van der Waals surface area contributed by atoms with Crippen LogP contribution in [0.3, 0.4) is 0 Å². The molecule has 0 spiro atoms. The van der Waals surface area contributed by atoms with Crippen LogP contribution in [0.1, 0.15) is 38.3 Å². The average Bonchev–Trinajstić information content (AvgIpc) is 2.42. The fraction of sp³-hybridized carbons (Fsp3) is 0.533. The molecule has 0 aliphatic rings. The second-order valence-corrected chi connectivity index (χ2v) is 5.55. The minimum atomic E-state index is 0.0272. The monoisotopic (exact) mass is 282 g/mol. The summed E-state index contributed by atoms with van der Waals surface area (Å²) in [5.41, 5.74) is 6.61. The van der Waals surface area contributed by atoms with E-state index in [9.17, 15) is 4.79 Å². The molecular weight excluding hydrogens is 260 g/mol. The van der Waals surface area contributed by atoms with Gasteiger partial charge in [-0.15, -0.1) is 0 Å². The zero-order valence-corrected chi connectivity index (χ0v) is 12.7. The summed E-state index contributed by atoms with van der Waals surface area (Å²) in [5.74, 6) is 0.534. The summed E-state index contributed by atoms with van der Waals surface area (Å²) in [7, 11) is 1.83. The molecule has 0 radical (unpaired) electrons.